The number of ether oxygens (including phenoxy) is 1. The van der Waals surface area contributed by atoms with Gasteiger partial charge < -0.3 is 14.6 Å². The number of nitrogens with one attached hydrogen (secondary N) is 1. The number of hydrogen-bond acceptors (Lipinski definition) is 5. The summed E-state index contributed by atoms with van der Waals surface area (Å²) in [6.45, 7) is 0.845. The highest BCUT2D eigenvalue weighted by atomic mass is 16.5. The molecule has 5 nitrogen and oxygen atoms in total. The predicted octanol–water partition coefficient (Wildman–Crippen LogP) is 2.89. The summed E-state index contributed by atoms with van der Waals surface area (Å²) in [6, 6.07) is 7.90. The minimum Gasteiger partial charge on any atom is -0.387 e. The fraction of sp³-hybridized carbons (Fsp3) is 0.467. The number of hydrogen-bond donors (Lipinski definition) is 1. The Balaban J connectivity index is 1.75. The van der Waals surface area contributed by atoms with E-state index in [0.717, 1.165) is 42.9 Å². The highest BCUT2D eigenvalue weighted by molar-refractivity contribution is 5.71. The third-order valence-electron chi connectivity index (χ3n) is 3.58. The SMILES string of the molecule is CNc1ccccc1-c1nc(CC2CCCCO2)no1. The van der Waals surface area contributed by atoms with Crippen molar-refractivity contribution < 1.29 is 9.26 Å². The zero-order valence-electron chi connectivity index (χ0n) is 11.6. The third-order valence-corrected chi connectivity index (χ3v) is 3.58. The van der Waals surface area contributed by atoms with Crippen LogP contribution in [0.2, 0.25) is 0 Å². The first-order valence-electron chi connectivity index (χ1n) is 7.08. The molecule has 2 heterocycles. The molecule has 2 aromatic rings. The minimum atomic E-state index is 0.230. The first-order valence-corrected chi connectivity index (χ1v) is 7.08. The van der Waals surface area contributed by atoms with Gasteiger partial charge in [-0.15, -0.1) is 0 Å². The van der Waals surface area contributed by atoms with Crippen molar-refractivity contribution in [3.05, 3.63) is 30.1 Å². The van der Waals surface area contributed by atoms with Crippen LogP contribution in [0.15, 0.2) is 28.8 Å². The molecule has 20 heavy (non-hydrogen) atoms. The van der Waals surface area contributed by atoms with Crippen LogP contribution in [-0.2, 0) is 11.2 Å². The molecule has 0 amide bonds. The lowest BCUT2D eigenvalue weighted by Gasteiger charge is -2.20. The van der Waals surface area contributed by atoms with Crippen molar-refractivity contribution >= 4 is 5.69 Å². The summed E-state index contributed by atoms with van der Waals surface area (Å²) in [4.78, 5) is 4.49. The van der Waals surface area contributed by atoms with Gasteiger partial charge in [-0.05, 0) is 31.4 Å². The Morgan fingerprint density at radius 3 is 3.00 bits per heavy atom. The average Bonchev–Trinajstić information content (AvgIpc) is 2.96. The standard InChI is InChI=1S/C15H19N3O2/c1-16-13-8-3-2-7-12(13)15-17-14(18-20-15)10-11-6-4-5-9-19-11/h2-3,7-8,11,16H,4-6,9-10H2,1H3. The van der Waals surface area contributed by atoms with E-state index < -0.39 is 0 Å². The van der Waals surface area contributed by atoms with Gasteiger partial charge in [0.2, 0.25) is 0 Å². The molecule has 1 aliphatic rings. The van der Waals surface area contributed by atoms with E-state index >= 15 is 0 Å². The maximum Gasteiger partial charge on any atom is 0.260 e. The first-order chi connectivity index (χ1) is 9.86. The van der Waals surface area contributed by atoms with Gasteiger partial charge in [-0.1, -0.05) is 17.3 Å². The molecule has 3 rings (SSSR count). The first kappa shape index (κ1) is 13.1. The maximum atomic E-state index is 5.71. The lowest BCUT2D eigenvalue weighted by molar-refractivity contribution is 0.0153. The lowest BCUT2D eigenvalue weighted by atomic mass is 10.1. The third kappa shape index (κ3) is 2.82. The van der Waals surface area contributed by atoms with E-state index in [1.54, 1.807) is 0 Å². The van der Waals surface area contributed by atoms with Crippen LogP contribution in [0, 0.1) is 0 Å². The van der Waals surface area contributed by atoms with E-state index in [9.17, 15) is 0 Å². The zero-order valence-corrected chi connectivity index (χ0v) is 11.6. The topological polar surface area (TPSA) is 60.2 Å². The summed E-state index contributed by atoms with van der Waals surface area (Å²) in [5.41, 5.74) is 1.91. The van der Waals surface area contributed by atoms with Crippen molar-refractivity contribution in [1.29, 1.82) is 0 Å². The molecule has 0 bridgehead atoms. The van der Waals surface area contributed by atoms with Gasteiger partial charge in [-0.25, -0.2) is 0 Å². The van der Waals surface area contributed by atoms with E-state index in [4.69, 9.17) is 9.26 Å². The van der Waals surface area contributed by atoms with Crippen LogP contribution in [0.25, 0.3) is 11.5 Å². The van der Waals surface area contributed by atoms with Gasteiger partial charge in [-0.2, -0.15) is 4.98 Å². The quantitative estimate of drug-likeness (QED) is 0.928. The highest BCUT2D eigenvalue weighted by Gasteiger charge is 2.18. The van der Waals surface area contributed by atoms with E-state index in [1.165, 1.54) is 6.42 Å². The number of anilines is 1. The molecule has 0 spiro atoms. The van der Waals surface area contributed by atoms with Crippen LogP contribution >= 0.6 is 0 Å². The Labute approximate surface area is 118 Å². The molecule has 0 radical (unpaired) electrons. The smallest absolute Gasteiger partial charge is 0.260 e. The van der Waals surface area contributed by atoms with Crippen molar-refractivity contribution in [2.24, 2.45) is 0 Å². The number of rotatable bonds is 4. The van der Waals surface area contributed by atoms with Gasteiger partial charge in [0, 0.05) is 25.8 Å². The molecule has 5 heteroatoms. The van der Waals surface area contributed by atoms with E-state index in [-0.39, 0.29) is 6.10 Å². The van der Waals surface area contributed by atoms with Crippen molar-refractivity contribution in [2.75, 3.05) is 19.0 Å². The molecular weight excluding hydrogens is 254 g/mol. The number of nitrogens with zero attached hydrogens (tertiary/aromatic N) is 2. The Hall–Kier alpha value is -1.88. The van der Waals surface area contributed by atoms with Crippen molar-refractivity contribution in [2.45, 2.75) is 31.8 Å². The summed E-state index contributed by atoms with van der Waals surface area (Å²) < 4.78 is 11.1. The Kier molecular flexibility index (Phi) is 3.97. The van der Waals surface area contributed by atoms with Crippen molar-refractivity contribution in [3.8, 4) is 11.5 Å². The summed E-state index contributed by atoms with van der Waals surface area (Å²) in [5.74, 6) is 1.28. The van der Waals surface area contributed by atoms with E-state index in [0.29, 0.717) is 5.89 Å². The molecule has 1 saturated heterocycles. The second kappa shape index (κ2) is 6.05. The Morgan fingerprint density at radius 1 is 1.30 bits per heavy atom. The highest BCUT2D eigenvalue weighted by Crippen LogP contribution is 2.26. The summed E-state index contributed by atoms with van der Waals surface area (Å²) >= 11 is 0. The number of aromatic nitrogens is 2. The molecule has 1 aromatic heterocycles. The van der Waals surface area contributed by atoms with Gasteiger partial charge in [0.1, 0.15) is 0 Å². The van der Waals surface area contributed by atoms with Crippen LogP contribution in [0.1, 0.15) is 25.1 Å². The molecule has 1 N–H and O–H groups in total. The predicted molar refractivity (Wildman–Crippen MR) is 76.6 cm³/mol. The molecule has 1 aliphatic heterocycles. The monoisotopic (exact) mass is 273 g/mol. The molecule has 0 saturated carbocycles. The van der Waals surface area contributed by atoms with Gasteiger partial charge in [0.15, 0.2) is 5.82 Å². The second-order valence-electron chi connectivity index (χ2n) is 5.00. The summed E-state index contributed by atoms with van der Waals surface area (Å²) in [7, 11) is 1.88. The second-order valence-corrected chi connectivity index (χ2v) is 5.00. The minimum absolute atomic E-state index is 0.230. The van der Waals surface area contributed by atoms with Gasteiger partial charge in [0.05, 0.1) is 11.7 Å². The van der Waals surface area contributed by atoms with Crippen LogP contribution in [-0.4, -0.2) is 29.9 Å². The fourth-order valence-corrected chi connectivity index (χ4v) is 2.51. The summed E-state index contributed by atoms with van der Waals surface area (Å²) in [5, 5.41) is 7.20. The lowest BCUT2D eigenvalue weighted by Crippen LogP contribution is -2.21. The molecule has 106 valence electrons. The Bertz CT molecular complexity index is 562. The van der Waals surface area contributed by atoms with Crippen LogP contribution in [0.5, 0.6) is 0 Å². The van der Waals surface area contributed by atoms with Crippen LogP contribution in [0.4, 0.5) is 5.69 Å². The molecule has 1 fully saturated rings. The van der Waals surface area contributed by atoms with E-state index in [1.807, 2.05) is 31.3 Å². The van der Waals surface area contributed by atoms with Crippen LogP contribution < -0.4 is 5.32 Å². The largest absolute Gasteiger partial charge is 0.387 e. The normalized spacial score (nSPS) is 18.9. The maximum absolute atomic E-state index is 5.71. The molecule has 1 atom stereocenters. The van der Waals surface area contributed by atoms with Gasteiger partial charge >= 0.3 is 0 Å². The number of para-hydroxylation sites is 1. The summed E-state index contributed by atoms with van der Waals surface area (Å²) in [6.07, 6.45) is 4.41. The molecule has 1 aromatic carbocycles. The van der Waals surface area contributed by atoms with E-state index in [2.05, 4.69) is 15.5 Å². The van der Waals surface area contributed by atoms with Crippen molar-refractivity contribution in [3.63, 3.8) is 0 Å². The fourth-order valence-electron chi connectivity index (χ4n) is 2.51. The van der Waals surface area contributed by atoms with Gasteiger partial charge in [-0.3, -0.25) is 0 Å². The number of benzene rings is 1. The average molecular weight is 273 g/mol. The van der Waals surface area contributed by atoms with Gasteiger partial charge in [0.25, 0.3) is 5.89 Å². The molecule has 1 unspecified atom stereocenters. The zero-order chi connectivity index (χ0) is 13.8. The Morgan fingerprint density at radius 2 is 2.20 bits per heavy atom. The van der Waals surface area contributed by atoms with Crippen LogP contribution in [0.3, 0.4) is 0 Å². The van der Waals surface area contributed by atoms with Crippen molar-refractivity contribution in [1.82, 2.24) is 10.1 Å². The molecular formula is C15H19N3O2. The molecule has 0 aliphatic carbocycles.